The Kier molecular flexibility index (Phi) is 7.65. The summed E-state index contributed by atoms with van der Waals surface area (Å²) >= 11 is 0. The molecule has 1 rings (SSSR count). The Hall–Kier alpha value is -1.62. The van der Waals surface area contributed by atoms with Gasteiger partial charge in [0.1, 0.15) is 5.82 Å². The molecule has 5 nitrogen and oxygen atoms in total. The third-order valence-electron chi connectivity index (χ3n) is 2.82. The number of hydrogen-bond acceptors (Lipinski definition) is 4. The summed E-state index contributed by atoms with van der Waals surface area (Å²) in [4.78, 5) is 17.9. The maximum absolute atomic E-state index is 11.6. The number of pyridine rings is 1. The highest BCUT2D eigenvalue weighted by Gasteiger charge is 2.07. The van der Waals surface area contributed by atoms with E-state index in [4.69, 9.17) is 0 Å². The second-order valence-electron chi connectivity index (χ2n) is 5.00. The molecule has 0 fully saturated rings. The van der Waals surface area contributed by atoms with Crippen LogP contribution in [0.1, 0.15) is 32.3 Å². The molecule has 1 heterocycles. The lowest BCUT2D eigenvalue weighted by Crippen LogP contribution is -2.35. The molecule has 0 radical (unpaired) electrons. The van der Waals surface area contributed by atoms with E-state index in [0.717, 1.165) is 43.9 Å². The number of aromatic nitrogens is 1. The summed E-state index contributed by atoms with van der Waals surface area (Å²) in [5.41, 5.74) is 1.16. The Morgan fingerprint density at radius 1 is 1.30 bits per heavy atom. The molecule has 0 bridgehead atoms. The van der Waals surface area contributed by atoms with Crippen LogP contribution in [-0.4, -0.2) is 42.5 Å². The third-order valence-corrected chi connectivity index (χ3v) is 2.82. The first-order valence-electron chi connectivity index (χ1n) is 7.29. The number of anilines is 1. The highest BCUT2D eigenvalue weighted by atomic mass is 16.2. The highest BCUT2D eigenvalue weighted by Crippen LogP contribution is 2.08. The minimum atomic E-state index is 0.0766. The van der Waals surface area contributed by atoms with Gasteiger partial charge < -0.3 is 10.6 Å². The Balaban J connectivity index is 2.44. The molecule has 20 heavy (non-hydrogen) atoms. The summed E-state index contributed by atoms with van der Waals surface area (Å²) in [6.45, 7) is 6.99. The minimum absolute atomic E-state index is 0.0766. The van der Waals surface area contributed by atoms with Crippen molar-refractivity contribution >= 4 is 11.7 Å². The molecule has 0 aliphatic rings. The molecule has 112 valence electrons. The Morgan fingerprint density at radius 2 is 2.05 bits per heavy atom. The van der Waals surface area contributed by atoms with Gasteiger partial charge in [0.15, 0.2) is 0 Å². The number of amides is 1. The van der Waals surface area contributed by atoms with Gasteiger partial charge in [-0.05, 0) is 37.6 Å². The van der Waals surface area contributed by atoms with E-state index in [0.29, 0.717) is 6.54 Å². The molecular weight excluding hydrogens is 252 g/mol. The monoisotopic (exact) mass is 278 g/mol. The van der Waals surface area contributed by atoms with Crippen molar-refractivity contribution in [2.45, 2.75) is 33.2 Å². The summed E-state index contributed by atoms with van der Waals surface area (Å²) in [7, 11) is 1.95. The Labute approximate surface area is 121 Å². The van der Waals surface area contributed by atoms with Crippen molar-refractivity contribution in [3.05, 3.63) is 23.9 Å². The normalized spacial score (nSPS) is 10.6. The van der Waals surface area contributed by atoms with Gasteiger partial charge in [0, 0.05) is 25.8 Å². The number of likely N-dealkylation sites (N-methyl/N-ethyl adjacent to an activating group) is 1. The summed E-state index contributed by atoms with van der Waals surface area (Å²) in [5.74, 6) is 0.973. The van der Waals surface area contributed by atoms with Gasteiger partial charge in [0.25, 0.3) is 0 Å². The molecule has 1 amide bonds. The van der Waals surface area contributed by atoms with Crippen LogP contribution in [0.3, 0.4) is 0 Å². The molecule has 0 unspecified atom stereocenters. The number of nitrogens with zero attached hydrogens (tertiary/aromatic N) is 2. The zero-order valence-electron chi connectivity index (χ0n) is 12.8. The van der Waals surface area contributed by atoms with Gasteiger partial charge in [-0.25, -0.2) is 4.98 Å². The molecule has 5 heteroatoms. The van der Waals surface area contributed by atoms with Crippen molar-refractivity contribution in [2.24, 2.45) is 0 Å². The first-order chi connectivity index (χ1) is 9.65. The average molecular weight is 278 g/mol. The van der Waals surface area contributed by atoms with E-state index in [1.807, 2.05) is 31.0 Å². The van der Waals surface area contributed by atoms with Crippen molar-refractivity contribution in [2.75, 3.05) is 32.0 Å². The van der Waals surface area contributed by atoms with Crippen LogP contribution in [0.2, 0.25) is 0 Å². The average Bonchev–Trinajstić information content (AvgIpc) is 2.43. The predicted molar refractivity (Wildman–Crippen MR) is 82.7 cm³/mol. The van der Waals surface area contributed by atoms with E-state index in [-0.39, 0.29) is 5.91 Å². The first-order valence-corrected chi connectivity index (χ1v) is 7.29. The number of carbonyl (C=O) groups excluding carboxylic acids is 1. The standard InChI is InChI=1S/C15H26N4O/c1-4-7-16-14-10-13(6-9-17-14)11-19(3)12-15(20)18-8-5-2/h6,9-10H,4-5,7-8,11-12H2,1-3H3,(H,16,17)(H,18,20). The van der Waals surface area contributed by atoms with E-state index in [9.17, 15) is 4.79 Å². The SMILES string of the molecule is CCCNC(=O)CN(C)Cc1ccnc(NCCC)c1. The van der Waals surface area contributed by atoms with Crippen LogP contribution in [0.4, 0.5) is 5.82 Å². The quantitative estimate of drug-likeness (QED) is 0.724. The zero-order chi connectivity index (χ0) is 14.8. The predicted octanol–water partition coefficient (Wildman–Crippen LogP) is 1.86. The van der Waals surface area contributed by atoms with Crippen molar-refractivity contribution < 1.29 is 4.79 Å². The lowest BCUT2D eigenvalue weighted by atomic mass is 10.2. The van der Waals surface area contributed by atoms with E-state index in [1.54, 1.807) is 6.20 Å². The summed E-state index contributed by atoms with van der Waals surface area (Å²) in [5, 5.41) is 6.15. The molecule has 0 atom stereocenters. The molecule has 0 aromatic carbocycles. The van der Waals surface area contributed by atoms with Gasteiger partial charge in [-0.3, -0.25) is 9.69 Å². The van der Waals surface area contributed by atoms with Gasteiger partial charge in [0.05, 0.1) is 6.54 Å². The fourth-order valence-corrected chi connectivity index (χ4v) is 1.86. The van der Waals surface area contributed by atoms with Crippen molar-refractivity contribution in [1.82, 2.24) is 15.2 Å². The van der Waals surface area contributed by atoms with Crippen molar-refractivity contribution in [3.63, 3.8) is 0 Å². The smallest absolute Gasteiger partial charge is 0.234 e. The van der Waals surface area contributed by atoms with Gasteiger partial charge in [-0.15, -0.1) is 0 Å². The Bertz CT molecular complexity index is 409. The van der Waals surface area contributed by atoms with Crippen LogP contribution >= 0.6 is 0 Å². The maximum atomic E-state index is 11.6. The Morgan fingerprint density at radius 3 is 2.75 bits per heavy atom. The lowest BCUT2D eigenvalue weighted by Gasteiger charge is -2.16. The van der Waals surface area contributed by atoms with E-state index < -0.39 is 0 Å². The molecule has 2 N–H and O–H groups in total. The van der Waals surface area contributed by atoms with Gasteiger partial charge in [-0.1, -0.05) is 13.8 Å². The lowest BCUT2D eigenvalue weighted by molar-refractivity contribution is -0.122. The fraction of sp³-hybridized carbons (Fsp3) is 0.600. The maximum Gasteiger partial charge on any atom is 0.234 e. The molecule has 0 aliphatic heterocycles. The number of hydrogen-bond donors (Lipinski definition) is 2. The number of nitrogens with one attached hydrogen (secondary N) is 2. The van der Waals surface area contributed by atoms with Crippen LogP contribution in [0.5, 0.6) is 0 Å². The molecular formula is C15H26N4O. The summed E-state index contributed by atoms with van der Waals surface area (Å²) in [6.07, 6.45) is 3.84. The molecule has 0 saturated heterocycles. The first kappa shape index (κ1) is 16.4. The number of rotatable bonds is 9. The molecule has 0 aliphatic carbocycles. The third kappa shape index (κ3) is 6.52. The van der Waals surface area contributed by atoms with Gasteiger partial charge >= 0.3 is 0 Å². The van der Waals surface area contributed by atoms with Crippen LogP contribution in [-0.2, 0) is 11.3 Å². The van der Waals surface area contributed by atoms with E-state index in [1.165, 1.54) is 0 Å². The summed E-state index contributed by atoms with van der Waals surface area (Å²) in [6, 6.07) is 4.02. The fourth-order valence-electron chi connectivity index (χ4n) is 1.86. The van der Waals surface area contributed by atoms with Gasteiger partial charge in [0.2, 0.25) is 5.91 Å². The second-order valence-corrected chi connectivity index (χ2v) is 5.00. The minimum Gasteiger partial charge on any atom is -0.370 e. The summed E-state index contributed by atoms with van der Waals surface area (Å²) < 4.78 is 0. The molecule has 0 saturated carbocycles. The van der Waals surface area contributed by atoms with E-state index in [2.05, 4.69) is 22.5 Å². The number of carbonyl (C=O) groups is 1. The van der Waals surface area contributed by atoms with Gasteiger partial charge in [-0.2, -0.15) is 0 Å². The largest absolute Gasteiger partial charge is 0.370 e. The van der Waals surface area contributed by atoms with Crippen LogP contribution in [0.15, 0.2) is 18.3 Å². The van der Waals surface area contributed by atoms with Crippen LogP contribution < -0.4 is 10.6 Å². The van der Waals surface area contributed by atoms with Crippen molar-refractivity contribution in [3.8, 4) is 0 Å². The van der Waals surface area contributed by atoms with Crippen LogP contribution in [0.25, 0.3) is 0 Å². The molecule has 1 aromatic heterocycles. The van der Waals surface area contributed by atoms with Crippen molar-refractivity contribution in [1.29, 1.82) is 0 Å². The second kappa shape index (κ2) is 9.31. The topological polar surface area (TPSA) is 57.3 Å². The molecule has 1 aromatic rings. The van der Waals surface area contributed by atoms with E-state index >= 15 is 0 Å². The zero-order valence-corrected chi connectivity index (χ0v) is 12.8. The molecule has 0 spiro atoms. The van der Waals surface area contributed by atoms with Crippen LogP contribution in [0, 0.1) is 0 Å². The highest BCUT2D eigenvalue weighted by molar-refractivity contribution is 5.77.